The highest BCUT2D eigenvalue weighted by Gasteiger charge is 2.35. The number of ether oxygens (including phenoxy) is 1. The normalized spacial score (nSPS) is 22.5. The van der Waals surface area contributed by atoms with Crippen LogP contribution in [0.15, 0.2) is 24.3 Å². The Hall–Kier alpha value is -1.84. The van der Waals surface area contributed by atoms with E-state index in [2.05, 4.69) is 0 Å². The van der Waals surface area contributed by atoms with Gasteiger partial charge in [-0.15, -0.1) is 0 Å². The maximum absolute atomic E-state index is 12.0. The molecule has 0 N–H and O–H groups in total. The molecule has 88 valence electrons. The zero-order valence-corrected chi connectivity index (χ0v) is 9.39. The smallest absolute Gasteiger partial charge is 0.339 e. The number of rotatable bonds is 1. The van der Waals surface area contributed by atoms with Crippen molar-refractivity contribution in [2.75, 3.05) is 13.1 Å². The van der Waals surface area contributed by atoms with E-state index in [1.165, 1.54) is 0 Å². The Bertz CT molecular complexity index is 479. The minimum absolute atomic E-state index is 0.0564. The molecule has 0 aromatic heterocycles. The Morgan fingerprint density at radius 2 is 2.06 bits per heavy atom. The Labute approximate surface area is 99.2 Å². The number of likely N-dealkylation sites (tertiary alicyclic amines) is 1. The summed E-state index contributed by atoms with van der Waals surface area (Å²) in [5.74, 6) is -0.440. The maximum atomic E-state index is 12.0. The summed E-state index contributed by atoms with van der Waals surface area (Å²) in [6.45, 7) is 1.57. The molecule has 0 saturated carbocycles. The maximum Gasteiger partial charge on any atom is 0.339 e. The highest BCUT2D eigenvalue weighted by Crippen LogP contribution is 2.22. The molecule has 17 heavy (non-hydrogen) atoms. The number of hydrogen-bond donors (Lipinski definition) is 0. The summed E-state index contributed by atoms with van der Waals surface area (Å²) in [6.07, 6.45) is 0.915. The Kier molecular flexibility index (Phi) is 2.35. The van der Waals surface area contributed by atoms with Crippen LogP contribution < -0.4 is 0 Å². The van der Waals surface area contributed by atoms with Crippen LogP contribution in [0.4, 0.5) is 0 Å². The van der Waals surface area contributed by atoms with Gasteiger partial charge in [-0.2, -0.15) is 0 Å². The first-order valence-electron chi connectivity index (χ1n) is 5.83. The van der Waals surface area contributed by atoms with Crippen molar-refractivity contribution in [3.63, 3.8) is 0 Å². The molecule has 1 aromatic carbocycles. The van der Waals surface area contributed by atoms with Gasteiger partial charge in [0.25, 0.3) is 5.91 Å². The van der Waals surface area contributed by atoms with Crippen LogP contribution in [0.1, 0.15) is 22.3 Å². The van der Waals surface area contributed by atoms with Gasteiger partial charge in [0, 0.05) is 19.5 Å². The van der Waals surface area contributed by atoms with Crippen molar-refractivity contribution in [3.05, 3.63) is 35.4 Å². The first kappa shape index (κ1) is 10.3. The molecule has 0 radical (unpaired) electrons. The Morgan fingerprint density at radius 1 is 1.29 bits per heavy atom. The van der Waals surface area contributed by atoms with Crippen LogP contribution in [0.2, 0.25) is 0 Å². The number of nitrogens with zero attached hydrogens (tertiary/aromatic N) is 1. The lowest BCUT2D eigenvalue weighted by atomic mass is 9.97. The summed E-state index contributed by atoms with van der Waals surface area (Å²) in [5, 5.41) is 0. The van der Waals surface area contributed by atoms with Gasteiger partial charge in [0.05, 0.1) is 5.56 Å². The third-order valence-electron chi connectivity index (χ3n) is 3.34. The number of cyclic esters (lactones) is 1. The summed E-state index contributed by atoms with van der Waals surface area (Å²) in [6, 6.07) is 7.30. The number of fused-ring (bicyclic) bond motifs is 1. The lowest BCUT2D eigenvalue weighted by Gasteiger charge is -2.35. The number of amides is 1. The third-order valence-corrected chi connectivity index (χ3v) is 3.34. The van der Waals surface area contributed by atoms with Crippen molar-refractivity contribution in [1.29, 1.82) is 0 Å². The molecule has 1 fully saturated rings. The van der Waals surface area contributed by atoms with Crippen molar-refractivity contribution in [2.24, 2.45) is 0 Å². The van der Waals surface area contributed by atoms with Crippen LogP contribution in [0.3, 0.4) is 0 Å². The van der Waals surface area contributed by atoms with Crippen molar-refractivity contribution in [1.82, 2.24) is 4.90 Å². The fourth-order valence-corrected chi connectivity index (χ4v) is 2.21. The molecule has 1 amide bonds. The number of benzene rings is 1. The minimum Gasteiger partial charge on any atom is -0.448 e. The van der Waals surface area contributed by atoms with Crippen molar-refractivity contribution < 1.29 is 14.3 Å². The van der Waals surface area contributed by atoms with Crippen LogP contribution in [0.5, 0.6) is 0 Å². The molecule has 3 rings (SSSR count). The average Bonchev–Trinajstić information content (AvgIpc) is 2.26. The molecule has 1 unspecified atom stereocenters. The largest absolute Gasteiger partial charge is 0.448 e. The lowest BCUT2D eigenvalue weighted by Crippen LogP contribution is -2.50. The van der Waals surface area contributed by atoms with E-state index in [1.54, 1.807) is 17.0 Å². The SMILES string of the molecule is O=C1OC(C(=O)N2CCC2)Cc2ccccc21. The predicted molar refractivity (Wildman–Crippen MR) is 60.5 cm³/mol. The Morgan fingerprint density at radius 3 is 2.76 bits per heavy atom. The highest BCUT2D eigenvalue weighted by atomic mass is 16.5. The molecule has 0 spiro atoms. The number of esters is 1. The second kappa shape index (κ2) is 3.87. The van der Waals surface area contributed by atoms with Crippen LogP contribution in [-0.4, -0.2) is 36.0 Å². The Balaban J connectivity index is 1.83. The molecule has 1 atom stereocenters. The molecule has 4 nitrogen and oxygen atoms in total. The molecule has 1 aromatic rings. The van der Waals surface area contributed by atoms with E-state index in [1.807, 2.05) is 12.1 Å². The van der Waals surface area contributed by atoms with Crippen molar-refractivity contribution >= 4 is 11.9 Å². The second-order valence-electron chi connectivity index (χ2n) is 4.43. The average molecular weight is 231 g/mol. The summed E-state index contributed by atoms with van der Waals surface area (Å²) < 4.78 is 5.20. The fourth-order valence-electron chi connectivity index (χ4n) is 2.21. The van der Waals surface area contributed by atoms with Gasteiger partial charge in [-0.25, -0.2) is 4.79 Å². The zero-order chi connectivity index (χ0) is 11.8. The van der Waals surface area contributed by atoms with Crippen LogP contribution in [0, 0.1) is 0 Å². The van der Waals surface area contributed by atoms with Crippen LogP contribution >= 0.6 is 0 Å². The number of carbonyl (C=O) groups is 2. The topological polar surface area (TPSA) is 46.6 Å². The standard InChI is InChI=1S/C13H13NO3/c15-12(14-6-3-7-14)11-8-9-4-1-2-5-10(9)13(16)17-11/h1-2,4-5,11H,3,6-8H2. The third kappa shape index (κ3) is 1.69. The molecule has 2 aliphatic rings. The fraction of sp³-hybridized carbons (Fsp3) is 0.385. The number of carbonyl (C=O) groups excluding carboxylic acids is 2. The molecule has 0 bridgehead atoms. The molecule has 2 heterocycles. The van der Waals surface area contributed by atoms with Gasteiger partial charge >= 0.3 is 5.97 Å². The van der Waals surface area contributed by atoms with E-state index in [-0.39, 0.29) is 11.9 Å². The summed E-state index contributed by atoms with van der Waals surface area (Å²) in [5.41, 5.74) is 1.49. The van der Waals surface area contributed by atoms with Gasteiger partial charge in [0.1, 0.15) is 0 Å². The van der Waals surface area contributed by atoms with Crippen molar-refractivity contribution in [2.45, 2.75) is 18.9 Å². The van der Waals surface area contributed by atoms with Gasteiger partial charge in [0.15, 0.2) is 6.10 Å². The van der Waals surface area contributed by atoms with E-state index in [0.717, 1.165) is 25.1 Å². The lowest BCUT2D eigenvalue weighted by molar-refractivity contribution is -0.144. The second-order valence-corrected chi connectivity index (χ2v) is 4.43. The highest BCUT2D eigenvalue weighted by molar-refractivity contribution is 5.95. The molecular weight excluding hydrogens is 218 g/mol. The van der Waals surface area contributed by atoms with Gasteiger partial charge in [-0.05, 0) is 18.1 Å². The zero-order valence-electron chi connectivity index (χ0n) is 9.39. The van der Waals surface area contributed by atoms with Gasteiger partial charge in [-0.3, -0.25) is 4.79 Å². The summed E-state index contributed by atoms with van der Waals surface area (Å²) in [7, 11) is 0. The van der Waals surface area contributed by atoms with Crippen molar-refractivity contribution in [3.8, 4) is 0 Å². The van der Waals surface area contributed by atoms with E-state index in [9.17, 15) is 9.59 Å². The molecular formula is C13H13NO3. The van der Waals surface area contributed by atoms with Gasteiger partial charge in [0.2, 0.25) is 0 Å². The summed E-state index contributed by atoms with van der Waals surface area (Å²) in [4.78, 5) is 25.5. The van der Waals surface area contributed by atoms with E-state index < -0.39 is 6.10 Å². The van der Waals surface area contributed by atoms with Gasteiger partial charge in [-0.1, -0.05) is 18.2 Å². The molecule has 1 saturated heterocycles. The van der Waals surface area contributed by atoms with Crippen LogP contribution in [-0.2, 0) is 16.0 Å². The summed E-state index contributed by atoms with van der Waals surface area (Å²) >= 11 is 0. The molecule has 4 heteroatoms. The quantitative estimate of drug-likeness (QED) is 0.677. The van der Waals surface area contributed by atoms with Gasteiger partial charge < -0.3 is 9.64 Å². The molecule has 0 aliphatic carbocycles. The minimum atomic E-state index is -0.627. The first-order valence-corrected chi connectivity index (χ1v) is 5.83. The predicted octanol–water partition coefficient (Wildman–Crippen LogP) is 1.00. The number of hydrogen-bond acceptors (Lipinski definition) is 3. The van der Waals surface area contributed by atoms with E-state index >= 15 is 0 Å². The first-order chi connectivity index (χ1) is 8.25. The van der Waals surface area contributed by atoms with E-state index in [0.29, 0.717) is 12.0 Å². The molecule has 2 aliphatic heterocycles. The monoisotopic (exact) mass is 231 g/mol. The van der Waals surface area contributed by atoms with E-state index in [4.69, 9.17) is 4.74 Å². The van der Waals surface area contributed by atoms with Crippen LogP contribution in [0.25, 0.3) is 0 Å².